The van der Waals surface area contributed by atoms with Crippen molar-refractivity contribution in [2.24, 2.45) is 0 Å². The molecule has 0 aliphatic heterocycles. The average molecular weight is 310 g/mol. The van der Waals surface area contributed by atoms with Crippen LogP contribution in [0.15, 0.2) is 18.2 Å². The summed E-state index contributed by atoms with van der Waals surface area (Å²) in [6.07, 6.45) is 0. The highest BCUT2D eigenvalue weighted by atomic mass is 35.5. The van der Waals surface area contributed by atoms with Crippen LogP contribution in [-0.4, -0.2) is 13.0 Å². The van der Waals surface area contributed by atoms with Crippen molar-refractivity contribution in [3.05, 3.63) is 33.8 Å². The van der Waals surface area contributed by atoms with Crippen molar-refractivity contribution in [1.82, 2.24) is 0 Å². The van der Waals surface area contributed by atoms with Gasteiger partial charge in [-0.25, -0.2) is 0 Å². The van der Waals surface area contributed by atoms with Crippen molar-refractivity contribution in [2.75, 3.05) is 0 Å². The molecule has 0 aliphatic rings. The lowest BCUT2D eigenvalue weighted by molar-refractivity contribution is 0.475. The molecule has 0 heterocycles. The van der Waals surface area contributed by atoms with Crippen LogP contribution in [0.25, 0.3) is 0 Å². The van der Waals surface area contributed by atoms with Crippen LogP contribution in [0.2, 0.25) is 10.0 Å². The van der Waals surface area contributed by atoms with Gasteiger partial charge in [-0.1, -0.05) is 58.5 Å². The van der Waals surface area contributed by atoms with E-state index in [-0.39, 0.29) is 15.6 Å². The van der Waals surface area contributed by atoms with E-state index in [1.54, 1.807) is 0 Å². The summed E-state index contributed by atoms with van der Waals surface area (Å²) in [4.78, 5) is 0. The Morgan fingerprint density at radius 2 is 1.73 bits per heavy atom. The zero-order valence-corrected chi connectivity index (χ0v) is 10.8. The third kappa shape index (κ3) is 2.52. The quantitative estimate of drug-likeness (QED) is 0.672. The van der Waals surface area contributed by atoms with Crippen molar-refractivity contribution in [1.29, 1.82) is 0 Å². The predicted molar refractivity (Wildman–Crippen MR) is 61.4 cm³/mol. The first kappa shape index (κ1) is 13.4. The van der Waals surface area contributed by atoms with Crippen LogP contribution >= 0.6 is 46.4 Å². The molecule has 84 valence electrons. The number of hydrogen-bond acceptors (Lipinski definition) is 2. The van der Waals surface area contributed by atoms with Crippen molar-refractivity contribution in [3.63, 3.8) is 0 Å². The summed E-state index contributed by atoms with van der Waals surface area (Å²) in [6, 6.07) is 4.09. The predicted octanol–water partition coefficient (Wildman–Crippen LogP) is 3.47. The lowest BCUT2D eigenvalue weighted by Crippen LogP contribution is -2.23. The molecule has 3 nitrogen and oxygen atoms in total. The van der Waals surface area contributed by atoms with Gasteiger partial charge in [0.25, 0.3) is 3.67 Å². The topological polar surface area (TPSA) is 54.4 Å². The van der Waals surface area contributed by atoms with Gasteiger partial charge in [0.15, 0.2) is 0 Å². The maximum Gasteiger partial charge on any atom is 0.303 e. The number of rotatable bonds is 2. The van der Waals surface area contributed by atoms with Crippen LogP contribution in [0, 0.1) is 0 Å². The molecule has 0 fully saturated rings. The second-order valence-electron chi connectivity index (χ2n) is 2.59. The van der Waals surface area contributed by atoms with Crippen molar-refractivity contribution in [2.45, 2.75) is 3.67 Å². The number of halogens is 4. The Morgan fingerprint density at radius 1 is 1.20 bits per heavy atom. The zero-order valence-electron chi connectivity index (χ0n) is 6.92. The maximum atomic E-state index is 10.9. The van der Waals surface area contributed by atoms with Crippen molar-refractivity contribution >= 4 is 56.5 Å². The maximum absolute atomic E-state index is 10.9. The Balaban J connectivity index is 3.47. The van der Waals surface area contributed by atoms with Gasteiger partial charge in [-0.15, -0.1) is 0 Å². The third-order valence-electron chi connectivity index (χ3n) is 1.59. The Hall–Kier alpha value is 0.290. The molecule has 0 aromatic heterocycles. The Kier molecular flexibility index (Phi) is 3.81. The summed E-state index contributed by atoms with van der Waals surface area (Å²) in [5.41, 5.74) is -0.192. The van der Waals surface area contributed by atoms with E-state index in [9.17, 15) is 8.42 Å². The summed E-state index contributed by atoms with van der Waals surface area (Å²) in [6.45, 7) is 0. The smallest absolute Gasteiger partial charge is 0.283 e. The highest BCUT2D eigenvalue weighted by Gasteiger charge is 2.42. The second-order valence-corrected chi connectivity index (χ2v) is 6.72. The summed E-state index contributed by atoms with van der Waals surface area (Å²) >= 11 is 22.4. The molecule has 0 bridgehead atoms. The van der Waals surface area contributed by atoms with Gasteiger partial charge < -0.3 is 0 Å². The SMILES string of the molecule is O=S(=O)(O)C(Cl)(Cl)c1cccc(Cl)c1Cl. The molecule has 1 aromatic rings. The van der Waals surface area contributed by atoms with E-state index >= 15 is 0 Å². The van der Waals surface area contributed by atoms with Crippen LogP contribution in [-0.2, 0) is 13.8 Å². The second kappa shape index (κ2) is 4.28. The Morgan fingerprint density at radius 3 is 2.20 bits per heavy atom. The van der Waals surface area contributed by atoms with E-state index in [0.717, 1.165) is 0 Å². The molecule has 1 rings (SSSR count). The molecule has 8 heteroatoms. The van der Waals surface area contributed by atoms with E-state index in [4.69, 9.17) is 51.0 Å². The van der Waals surface area contributed by atoms with Crippen molar-refractivity contribution in [3.8, 4) is 0 Å². The summed E-state index contributed by atoms with van der Waals surface area (Å²) in [5.74, 6) is 0. The first-order valence-electron chi connectivity index (χ1n) is 3.47. The number of benzene rings is 1. The van der Waals surface area contributed by atoms with Crippen LogP contribution < -0.4 is 0 Å². The largest absolute Gasteiger partial charge is 0.303 e. The summed E-state index contributed by atoms with van der Waals surface area (Å²) in [7, 11) is -4.71. The molecule has 0 saturated carbocycles. The first-order valence-corrected chi connectivity index (χ1v) is 6.42. The van der Waals surface area contributed by atoms with Crippen LogP contribution in [0.1, 0.15) is 5.56 Å². The number of hydrogen-bond donors (Lipinski definition) is 1. The summed E-state index contributed by atoms with van der Waals surface area (Å²) < 4.78 is 28.1. The molecule has 15 heavy (non-hydrogen) atoms. The van der Waals surface area contributed by atoms with Gasteiger partial charge in [0, 0.05) is 5.56 Å². The van der Waals surface area contributed by atoms with E-state index < -0.39 is 13.8 Å². The molecule has 1 N–H and O–H groups in total. The lowest BCUT2D eigenvalue weighted by Gasteiger charge is -2.17. The molecule has 0 unspecified atom stereocenters. The highest BCUT2D eigenvalue weighted by Crippen LogP contribution is 2.44. The van der Waals surface area contributed by atoms with Crippen LogP contribution in [0.5, 0.6) is 0 Å². The normalized spacial score (nSPS) is 12.9. The Bertz CT molecular complexity index is 483. The van der Waals surface area contributed by atoms with Gasteiger partial charge in [0.2, 0.25) is 0 Å². The molecule has 1 aromatic carbocycles. The minimum absolute atomic E-state index is 0.0866. The monoisotopic (exact) mass is 308 g/mol. The van der Waals surface area contributed by atoms with E-state index in [0.29, 0.717) is 0 Å². The van der Waals surface area contributed by atoms with Gasteiger partial charge in [0.1, 0.15) is 0 Å². The van der Waals surface area contributed by atoms with Gasteiger partial charge in [-0.05, 0) is 6.07 Å². The molecule has 0 aliphatic carbocycles. The zero-order chi connectivity index (χ0) is 11.9. The number of alkyl halides is 2. The van der Waals surface area contributed by atoms with Gasteiger partial charge >= 0.3 is 10.1 Å². The molecule has 0 atom stereocenters. The molecule has 0 amide bonds. The minimum Gasteiger partial charge on any atom is -0.283 e. The first-order chi connectivity index (χ1) is 6.68. The van der Waals surface area contributed by atoms with E-state index in [2.05, 4.69) is 0 Å². The molecule has 0 spiro atoms. The van der Waals surface area contributed by atoms with E-state index in [1.807, 2.05) is 0 Å². The van der Waals surface area contributed by atoms with Gasteiger partial charge in [-0.2, -0.15) is 8.42 Å². The van der Waals surface area contributed by atoms with Gasteiger partial charge in [-0.3, -0.25) is 4.55 Å². The fraction of sp³-hybridized carbons (Fsp3) is 0.143. The molecular formula is C7H4Cl4O3S. The van der Waals surface area contributed by atoms with Crippen LogP contribution in [0.3, 0.4) is 0 Å². The van der Waals surface area contributed by atoms with Crippen molar-refractivity contribution < 1.29 is 13.0 Å². The molecule has 0 radical (unpaired) electrons. The lowest BCUT2D eigenvalue weighted by atomic mass is 10.2. The van der Waals surface area contributed by atoms with Gasteiger partial charge in [0.05, 0.1) is 10.0 Å². The standard InChI is InChI=1S/C7H4Cl4O3S/c8-5-3-1-2-4(6(5)9)7(10,11)15(12,13)14/h1-3H,(H,12,13,14). The Labute approximate surface area is 107 Å². The average Bonchev–Trinajstić information content (AvgIpc) is 2.07. The highest BCUT2D eigenvalue weighted by molar-refractivity contribution is 7.89. The third-order valence-corrected chi connectivity index (χ3v) is 4.85. The molecular weight excluding hydrogens is 306 g/mol. The minimum atomic E-state index is -4.71. The van der Waals surface area contributed by atoms with E-state index in [1.165, 1.54) is 18.2 Å². The fourth-order valence-corrected chi connectivity index (χ4v) is 2.23. The van der Waals surface area contributed by atoms with Crippen LogP contribution in [0.4, 0.5) is 0 Å². The fourth-order valence-electron chi connectivity index (χ4n) is 0.868. The molecule has 0 saturated heterocycles. The summed E-state index contributed by atoms with van der Waals surface area (Å²) in [5, 5.41) is -0.0368.